The van der Waals surface area contributed by atoms with Gasteiger partial charge in [-0.3, -0.25) is 9.80 Å². The Labute approximate surface area is 202 Å². The molecule has 0 radical (unpaired) electrons. The number of nitrogen functional groups attached to an aromatic ring is 1. The van der Waals surface area contributed by atoms with Crippen molar-refractivity contribution >= 4 is 11.3 Å². The lowest BCUT2D eigenvalue weighted by Gasteiger charge is -2.39. The number of anilines is 1. The molecule has 2 N–H and O–H groups in total. The van der Waals surface area contributed by atoms with Crippen molar-refractivity contribution in [2.45, 2.75) is 62.4 Å². The van der Waals surface area contributed by atoms with Crippen LogP contribution in [0, 0.1) is 0 Å². The van der Waals surface area contributed by atoms with Crippen LogP contribution in [-0.4, -0.2) is 106 Å². The van der Waals surface area contributed by atoms with Crippen molar-refractivity contribution in [3.63, 3.8) is 0 Å². The standard InChI is InChI=1S/C23H32F2N6O4/c1-22(2)34-19-17(10-30-7-8-32-11-14(30)9-29-6-5-23(24,25)12-29)33-18(20(19)35-22)15-3-4-16-21(26)27-13-28-31(15)16/h3-4,13-14,17-20H,5-12H2,1-2H3,(H2,26,27,28)/t14-,17-,18+,19-,20+/m1/s1. The summed E-state index contributed by atoms with van der Waals surface area (Å²) in [5.74, 6) is -2.96. The largest absolute Gasteiger partial charge is 0.382 e. The zero-order valence-electron chi connectivity index (χ0n) is 20.0. The predicted octanol–water partition coefficient (Wildman–Crippen LogP) is 1.31. The lowest BCUT2D eigenvalue weighted by Crippen LogP contribution is -2.54. The highest BCUT2D eigenvalue weighted by atomic mass is 19.3. The molecule has 2 aromatic rings. The van der Waals surface area contributed by atoms with E-state index in [1.54, 1.807) is 4.52 Å². The topological polar surface area (TPSA) is 99.6 Å². The highest BCUT2D eigenvalue weighted by molar-refractivity contribution is 5.65. The average molecular weight is 495 g/mol. The van der Waals surface area contributed by atoms with E-state index in [0.717, 1.165) is 5.69 Å². The minimum absolute atomic E-state index is 0.00996. The van der Waals surface area contributed by atoms with E-state index < -0.39 is 17.8 Å². The van der Waals surface area contributed by atoms with Crippen molar-refractivity contribution < 1.29 is 27.7 Å². The van der Waals surface area contributed by atoms with E-state index in [1.807, 2.05) is 30.9 Å². The smallest absolute Gasteiger partial charge is 0.261 e. The van der Waals surface area contributed by atoms with Crippen molar-refractivity contribution in [3.05, 3.63) is 24.2 Å². The van der Waals surface area contributed by atoms with Crippen LogP contribution in [0.1, 0.15) is 32.1 Å². The summed E-state index contributed by atoms with van der Waals surface area (Å²) in [5.41, 5.74) is 7.56. The summed E-state index contributed by atoms with van der Waals surface area (Å²) >= 11 is 0. The number of rotatable bonds is 5. The van der Waals surface area contributed by atoms with Crippen LogP contribution in [0.3, 0.4) is 0 Å². The van der Waals surface area contributed by atoms with Gasteiger partial charge in [0.1, 0.15) is 36.3 Å². The Balaban J connectivity index is 1.22. The molecule has 0 aliphatic carbocycles. The van der Waals surface area contributed by atoms with Crippen LogP contribution in [0.4, 0.5) is 14.6 Å². The van der Waals surface area contributed by atoms with Crippen LogP contribution in [0.2, 0.25) is 0 Å². The predicted molar refractivity (Wildman–Crippen MR) is 121 cm³/mol. The molecule has 0 unspecified atom stereocenters. The summed E-state index contributed by atoms with van der Waals surface area (Å²) < 4.78 is 54.1. The molecule has 2 aromatic heterocycles. The molecular formula is C23H32F2N6O4. The molecular weight excluding hydrogens is 462 g/mol. The molecule has 0 bridgehead atoms. The first-order chi connectivity index (χ1) is 16.7. The van der Waals surface area contributed by atoms with Crippen LogP contribution in [0.5, 0.6) is 0 Å². The van der Waals surface area contributed by atoms with Crippen LogP contribution < -0.4 is 5.73 Å². The number of fused-ring (bicyclic) bond motifs is 2. The highest BCUT2D eigenvalue weighted by Gasteiger charge is 2.56. The molecule has 0 amide bonds. The number of alkyl halides is 2. The van der Waals surface area contributed by atoms with Gasteiger partial charge in [-0.05, 0) is 26.0 Å². The Kier molecular flexibility index (Phi) is 5.73. The first-order valence-corrected chi connectivity index (χ1v) is 12.2. The molecule has 6 heterocycles. The molecule has 6 rings (SSSR count). The van der Waals surface area contributed by atoms with Crippen molar-refractivity contribution in [3.8, 4) is 0 Å². The van der Waals surface area contributed by atoms with E-state index in [9.17, 15) is 8.78 Å². The maximum atomic E-state index is 13.8. The molecule has 4 fully saturated rings. The molecule has 10 nitrogen and oxygen atoms in total. The average Bonchev–Trinajstić information content (AvgIpc) is 3.53. The van der Waals surface area contributed by atoms with Crippen LogP contribution >= 0.6 is 0 Å². The summed E-state index contributed by atoms with van der Waals surface area (Å²) in [6.45, 7) is 6.97. The van der Waals surface area contributed by atoms with Gasteiger partial charge in [-0.15, -0.1) is 0 Å². The minimum atomic E-state index is -2.61. The van der Waals surface area contributed by atoms with Crippen LogP contribution in [-0.2, 0) is 18.9 Å². The Morgan fingerprint density at radius 2 is 1.97 bits per heavy atom. The van der Waals surface area contributed by atoms with E-state index in [4.69, 9.17) is 24.7 Å². The number of aromatic nitrogens is 3. The van der Waals surface area contributed by atoms with Gasteiger partial charge in [0.25, 0.3) is 5.92 Å². The summed E-state index contributed by atoms with van der Waals surface area (Å²) in [6.07, 6.45) is 0.0707. The van der Waals surface area contributed by atoms with Gasteiger partial charge in [0.05, 0.1) is 25.5 Å². The number of hydrogen-bond acceptors (Lipinski definition) is 9. The van der Waals surface area contributed by atoms with Gasteiger partial charge < -0.3 is 24.7 Å². The zero-order valence-corrected chi connectivity index (χ0v) is 20.0. The Morgan fingerprint density at radius 3 is 2.77 bits per heavy atom. The number of halogens is 2. The molecule has 35 heavy (non-hydrogen) atoms. The normalized spacial score (nSPS) is 35.1. The number of ether oxygens (including phenoxy) is 4. The fraction of sp³-hybridized carbons (Fsp3) is 0.739. The summed E-state index contributed by atoms with van der Waals surface area (Å²) in [5, 5.41) is 4.37. The van der Waals surface area contributed by atoms with Gasteiger partial charge >= 0.3 is 0 Å². The molecule has 192 valence electrons. The molecule has 0 spiro atoms. The van der Waals surface area contributed by atoms with Gasteiger partial charge in [0, 0.05) is 38.6 Å². The lowest BCUT2D eigenvalue weighted by molar-refractivity contribution is -0.191. The summed E-state index contributed by atoms with van der Waals surface area (Å²) in [7, 11) is 0. The highest BCUT2D eigenvalue weighted by Crippen LogP contribution is 2.45. The van der Waals surface area contributed by atoms with Gasteiger partial charge in [-0.25, -0.2) is 18.3 Å². The first-order valence-electron chi connectivity index (χ1n) is 12.2. The Morgan fingerprint density at radius 1 is 1.14 bits per heavy atom. The second kappa shape index (κ2) is 8.56. The van der Waals surface area contributed by atoms with Gasteiger partial charge in [0.2, 0.25) is 0 Å². The molecule has 4 saturated heterocycles. The molecule has 4 aliphatic rings. The van der Waals surface area contributed by atoms with Crippen molar-refractivity contribution in [2.24, 2.45) is 0 Å². The lowest BCUT2D eigenvalue weighted by atomic mass is 10.0. The molecule has 0 aromatic carbocycles. The fourth-order valence-electron chi connectivity index (χ4n) is 5.85. The molecule has 12 heteroatoms. The number of nitrogens with zero attached hydrogens (tertiary/aromatic N) is 5. The van der Waals surface area contributed by atoms with Gasteiger partial charge in [-0.2, -0.15) is 5.10 Å². The number of hydrogen-bond donors (Lipinski definition) is 1. The second-order valence-corrected chi connectivity index (χ2v) is 10.4. The van der Waals surface area contributed by atoms with E-state index in [2.05, 4.69) is 15.0 Å². The summed E-state index contributed by atoms with van der Waals surface area (Å²) in [6, 6.07) is 3.82. The van der Waals surface area contributed by atoms with E-state index >= 15 is 0 Å². The van der Waals surface area contributed by atoms with Gasteiger partial charge in [0.15, 0.2) is 11.6 Å². The number of nitrogens with two attached hydrogens (primary N) is 1. The van der Waals surface area contributed by atoms with Crippen molar-refractivity contribution in [1.29, 1.82) is 0 Å². The minimum Gasteiger partial charge on any atom is -0.382 e. The van der Waals surface area contributed by atoms with E-state index in [0.29, 0.717) is 50.7 Å². The van der Waals surface area contributed by atoms with E-state index in [1.165, 1.54) is 6.33 Å². The third-order valence-electron chi connectivity index (χ3n) is 7.43. The van der Waals surface area contributed by atoms with Crippen LogP contribution in [0.25, 0.3) is 5.52 Å². The zero-order chi connectivity index (χ0) is 24.4. The monoisotopic (exact) mass is 494 g/mol. The molecule has 4 aliphatic heterocycles. The maximum Gasteiger partial charge on any atom is 0.261 e. The van der Waals surface area contributed by atoms with Crippen LogP contribution in [0.15, 0.2) is 18.5 Å². The molecule has 5 atom stereocenters. The second-order valence-electron chi connectivity index (χ2n) is 10.4. The van der Waals surface area contributed by atoms with Crippen molar-refractivity contribution in [1.82, 2.24) is 24.4 Å². The van der Waals surface area contributed by atoms with E-state index in [-0.39, 0.29) is 37.3 Å². The Hall–Kier alpha value is -1.96. The third-order valence-corrected chi connectivity index (χ3v) is 7.43. The SMILES string of the molecule is CC1(C)O[C@@H]2[C@H](O1)[C@@H](CN1CCOC[C@H]1CN1CCC(F)(F)C1)O[C@H]2c1ccc2c(N)ncnn12. The van der Waals surface area contributed by atoms with Crippen molar-refractivity contribution in [2.75, 3.05) is 51.7 Å². The van der Waals surface area contributed by atoms with Gasteiger partial charge in [-0.1, -0.05) is 0 Å². The first kappa shape index (κ1) is 23.4. The quantitative estimate of drug-likeness (QED) is 0.660. The third kappa shape index (κ3) is 4.40. The number of morpholine rings is 1. The maximum absolute atomic E-state index is 13.8. The Bertz CT molecular complexity index is 1080. The number of likely N-dealkylation sites (tertiary alicyclic amines) is 1. The fourth-order valence-corrected chi connectivity index (χ4v) is 5.85. The molecule has 0 saturated carbocycles. The summed E-state index contributed by atoms with van der Waals surface area (Å²) in [4.78, 5) is 8.19.